The summed E-state index contributed by atoms with van der Waals surface area (Å²) in [6.07, 6.45) is 0. The van der Waals surface area contributed by atoms with Gasteiger partial charge in [-0.2, -0.15) is 0 Å². The summed E-state index contributed by atoms with van der Waals surface area (Å²) in [5, 5.41) is 2.98. The summed E-state index contributed by atoms with van der Waals surface area (Å²) in [6, 6.07) is 17.7. The number of nitrogens with zero attached hydrogens (tertiary/aromatic N) is 2. The zero-order chi connectivity index (χ0) is 20.8. The highest BCUT2D eigenvalue weighted by Crippen LogP contribution is 2.39. The first kappa shape index (κ1) is 20.9. The quantitative estimate of drug-likeness (QED) is 0.739. The van der Waals surface area contributed by atoms with E-state index >= 15 is 0 Å². The van der Waals surface area contributed by atoms with E-state index in [1.165, 1.54) is 0 Å². The van der Waals surface area contributed by atoms with Crippen LogP contribution in [-0.2, 0) is 16.1 Å². The van der Waals surface area contributed by atoms with E-state index < -0.39 is 0 Å². The molecule has 2 aliphatic heterocycles. The predicted octanol–water partition coefficient (Wildman–Crippen LogP) is 2.52. The standard InChI is InChI=1S/C23H27N3O3S/c27-21-17-30-23(26(21)16-18-4-2-1-3-5-18)20-8-6-19(7-9-20)22(28)24-10-11-25-12-14-29-15-13-25/h1-9,23H,10-17H2,(H,24,28)/t23-/m1/s1. The number of benzene rings is 2. The Morgan fingerprint density at radius 1 is 1.07 bits per heavy atom. The zero-order valence-electron chi connectivity index (χ0n) is 17.0. The fraction of sp³-hybridized carbons (Fsp3) is 0.391. The summed E-state index contributed by atoms with van der Waals surface area (Å²) in [4.78, 5) is 29.1. The number of carbonyl (C=O) groups is 2. The van der Waals surface area contributed by atoms with E-state index in [0.29, 0.717) is 24.4 Å². The monoisotopic (exact) mass is 425 g/mol. The Hall–Kier alpha value is -2.35. The molecule has 0 bridgehead atoms. The van der Waals surface area contributed by atoms with Crippen LogP contribution in [0.15, 0.2) is 54.6 Å². The van der Waals surface area contributed by atoms with E-state index in [1.807, 2.05) is 59.5 Å². The van der Waals surface area contributed by atoms with Crippen LogP contribution in [0.25, 0.3) is 0 Å². The third kappa shape index (κ3) is 5.22. The summed E-state index contributed by atoms with van der Waals surface area (Å²) < 4.78 is 5.34. The number of hydrogen-bond acceptors (Lipinski definition) is 5. The van der Waals surface area contributed by atoms with Crippen LogP contribution in [0, 0.1) is 0 Å². The highest BCUT2D eigenvalue weighted by Gasteiger charge is 2.32. The summed E-state index contributed by atoms with van der Waals surface area (Å²) in [6.45, 7) is 5.42. The minimum atomic E-state index is -0.0638. The van der Waals surface area contributed by atoms with Crippen LogP contribution in [0.5, 0.6) is 0 Å². The van der Waals surface area contributed by atoms with Gasteiger partial charge in [-0.15, -0.1) is 11.8 Å². The second-order valence-electron chi connectivity index (χ2n) is 7.50. The second-order valence-corrected chi connectivity index (χ2v) is 8.57. The summed E-state index contributed by atoms with van der Waals surface area (Å²) in [5.74, 6) is 0.575. The average molecular weight is 426 g/mol. The minimum Gasteiger partial charge on any atom is -0.379 e. The molecule has 4 rings (SSSR count). The van der Waals surface area contributed by atoms with E-state index in [0.717, 1.165) is 44.0 Å². The third-order valence-electron chi connectivity index (χ3n) is 5.44. The van der Waals surface area contributed by atoms with Crippen LogP contribution in [0.4, 0.5) is 0 Å². The lowest BCUT2D eigenvalue weighted by Gasteiger charge is -2.26. The van der Waals surface area contributed by atoms with Gasteiger partial charge in [-0.3, -0.25) is 14.5 Å². The molecule has 0 spiro atoms. The van der Waals surface area contributed by atoms with Crippen molar-refractivity contribution in [1.82, 2.24) is 15.1 Å². The van der Waals surface area contributed by atoms with Crippen molar-refractivity contribution >= 4 is 23.6 Å². The number of amides is 2. The maximum absolute atomic E-state index is 12.5. The molecule has 1 atom stereocenters. The highest BCUT2D eigenvalue weighted by atomic mass is 32.2. The fourth-order valence-electron chi connectivity index (χ4n) is 3.73. The summed E-state index contributed by atoms with van der Waals surface area (Å²) in [5.41, 5.74) is 2.81. The number of hydrogen-bond donors (Lipinski definition) is 1. The van der Waals surface area contributed by atoms with Crippen molar-refractivity contribution in [1.29, 1.82) is 0 Å². The van der Waals surface area contributed by atoms with Crippen molar-refractivity contribution in [2.45, 2.75) is 11.9 Å². The van der Waals surface area contributed by atoms with Gasteiger partial charge < -0.3 is 15.0 Å². The van der Waals surface area contributed by atoms with Crippen molar-refractivity contribution in [3.8, 4) is 0 Å². The molecular weight excluding hydrogens is 398 g/mol. The van der Waals surface area contributed by atoms with Crippen LogP contribution in [-0.4, -0.2) is 66.8 Å². The van der Waals surface area contributed by atoms with Gasteiger partial charge in [-0.25, -0.2) is 0 Å². The number of morpholine rings is 1. The largest absolute Gasteiger partial charge is 0.379 e. The van der Waals surface area contributed by atoms with Gasteiger partial charge in [0.15, 0.2) is 0 Å². The molecule has 2 saturated heterocycles. The Balaban J connectivity index is 1.33. The van der Waals surface area contributed by atoms with Crippen molar-refractivity contribution in [3.63, 3.8) is 0 Å². The molecule has 0 unspecified atom stereocenters. The molecule has 7 heteroatoms. The van der Waals surface area contributed by atoms with Gasteiger partial charge in [-0.05, 0) is 23.3 Å². The number of carbonyl (C=O) groups excluding carboxylic acids is 2. The lowest BCUT2D eigenvalue weighted by molar-refractivity contribution is -0.128. The molecule has 158 valence electrons. The van der Waals surface area contributed by atoms with E-state index in [2.05, 4.69) is 10.2 Å². The van der Waals surface area contributed by atoms with Gasteiger partial charge in [0.25, 0.3) is 5.91 Å². The molecule has 2 heterocycles. The van der Waals surface area contributed by atoms with Crippen molar-refractivity contribution in [2.75, 3.05) is 45.1 Å². The van der Waals surface area contributed by atoms with Gasteiger partial charge >= 0.3 is 0 Å². The SMILES string of the molecule is O=C(NCCN1CCOCC1)c1ccc([C@H]2SCC(=O)N2Cc2ccccc2)cc1. The zero-order valence-corrected chi connectivity index (χ0v) is 17.8. The lowest BCUT2D eigenvalue weighted by atomic mass is 10.1. The average Bonchev–Trinajstić information content (AvgIpc) is 3.15. The maximum Gasteiger partial charge on any atom is 0.251 e. The number of thioether (sulfide) groups is 1. The van der Waals surface area contributed by atoms with Gasteiger partial charge in [0.2, 0.25) is 5.91 Å². The maximum atomic E-state index is 12.5. The van der Waals surface area contributed by atoms with Crippen LogP contribution in [0.2, 0.25) is 0 Å². The summed E-state index contributed by atoms with van der Waals surface area (Å²) in [7, 11) is 0. The third-order valence-corrected chi connectivity index (χ3v) is 6.70. The normalized spacial score (nSPS) is 19.8. The number of ether oxygens (including phenoxy) is 1. The number of rotatable bonds is 7. The first-order chi connectivity index (χ1) is 14.7. The Bertz CT molecular complexity index is 854. The van der Waals surface area contributed by atoms with Crippen molar-refractivity contribution < 1.29 is 14.3 Å². The van der Waals surface area contributed by atoms with E-state index in [4.69, 9.17) is 4.74 Å². The first-order valence-corrected chi connectivity index (χ1v) is 11.4. The van der Waals surface area contributed by atoms with Gasteiger partial charge in [0.05, 0.1) is 19.0 Å². The Morgan fingerprint density at radius 3 is 2.53 bits per heavy atom. The van der Waals surface area contributed by atoms with Crippen molar-refractivity contribution in [3.05, 3.63) is 71.3 Å². The van der Waals surface area contributed by atoms with E-state index in [-0.39, 0.29) is 17.2 Å². The molecule has 2 aromatic carbocycles. The molecule has 30 heavy (non-hydrogen) atoms. The second kappa shape index (κ2) is 10.1. The molecule has 2 aliphatic rings. The summed E-state index contributed by atoms with van der Waals surface area (Å²) >= 11 is 1.63. The first-order valence-electron chi connectivity index (χ1n) is 10.3. The van der Waals surface area contributed by atoms with Gasteiger partial charge in [-0.1, -0.05) is 42.5 Å². The van der Waals surface area contributed by atoms with E-state index in [1.54, 1.807) is 11.8 Å². The molecule has 2 aromatic rings. The molecule has 0 saturated carbocycles. The van der Waals surface area contributed by atoms with Crippen LogP contribution < -0.4 is 5.32 Å². The minimum absolute atomic E-state index is 0.0175. The van der Waals surface area contributed by atoms with Gasteiger partial charge in [0.1, 0.15) is 5.37 Å². The lowest BCUT2D eigenvalue weighted by Crippen LogP contribution is -2.41. The smallest absolute Gasteiger partial charge is 0.251 e. The molecule has 2 fully saturated rings. The fourth-order valence-corrected chi connectivity index (χ4v) is 4.92. The Kier molecular flexibility index (Phi) is 7.04. The molecule has 6 nitrogen and oxygen atoms in total. The Morgan fingerprint density at radius 2 is 1.80 bits per heavy atom. The highest BCUT2D eigenvalue weighted by molar-refractivity contribution is 8.00. The van der Waals surface area contributed by atoms with Crippen LogP contribution in [0.1, 0.15) is 26.9 Å². The van der Waals surface area contributed by atoms with Gasteiger partial charge in [0, 0.05) is 38.3 Å². The number of nitrogens with one attached hydrogen (secondary N) is 1. The molecule has 0 radical (unpaired) electrons. The predicted molar refractivity (Wildman–Crippen MR) is 118 cm³/mol. The van der Waals surface area contributed by atoms with E-state index in [9.17, 15) is 9.59 Å². The molecular formula is C23H27N3O3S. The molecule has 2 amide bonds. The molecule has 0 aliphatic carbocycles. The topological polar surface area (TPSA) is 61.9 Å². The molecule has 0 aromatic heterocycles. The van der Waals surface area contributed by atoms with Crippen LogP contribution >= 0.6 is 11.8 Å². The Labute approximate surface area is 181 Å². The molecule has 1 N–H and O–H groups in total. The van der Waals surface area contributed by atoms with Crippen LogP contribution in [0.3, 0.4) is 0 Å². The van der Waals surface area contributed by atoms with Crippen molar-refractivity contribution in [2.24, 2.45) is 0 Å².